The summed E-state index contributed by atoms with van der Waals surface area (Å²) in [6.45, 7) is 0.541. The van der Waals surface area contributed by atoms with Gasteiger partial charge in [0.1, 0.15) is 0 Å². The van der Waals surface area contributed by atoms with Crippen LogP contribution in [0.4, 0.5) is 0 Å². The van der Waals surface area contributed by atoms with Crippen molar-refractivity contribution in [2.75, 3.05) is 12.3 Å². The van der Waals surface area contributed by atoms with Crippen LogP contribution in [-0.2, 0) is 0 Å². The maximum atomic E-state index is 8.60. The summed E-state index contributed by atoms with van der Waals surface area (Å²) in [7, 11) is 0. The third-order valence-electron chi connectivity index (χ3n) is 1.72. The highest BCUT2D eigenvalue weighted by Crippen LogP contribution is 2.18. The number of thioether (sulfide) groups is 1. The SMILES string of the molecule is N#Cc1ccc(SCCCN=[N+]=[N-])cc1. The highest BCUT2D eigenvalue weighted by Gasteiger charge is 1.94. The first-order chi connectivity index (χ1) is 7.36. The number of rotatable bonds is 5. The maximum absolute atomic E-state index is 8.60. The molecule has 0 N–H and O–H groups in total. The topological polar surface area (TPSA) is 72.5 Å². The Hall–Kier alpha value is -1.63. The smallest absolute Gasteiger partial charge is 0.0991 e. The third-order valence-corrected chi connectivity index (χ3v) is 2.82. The molecule has 0 unspecified atom stereocenters. The lowest BCUT2D eigenvalue weighted by molar-refractivity contribution is 0.932. The molecule has 0 spiro atoms. The second-order valence-electron chi connectivity index (χ2n) is 2.79. The fourth-order valence-electron chi connectivity index (χ4n) is 0.996. The van der Waals surface area contributed by atoms with Gasteiger partial charge in [-0.2, -0.15) is 5.26 Å². The zero-order valence-corrected chi connectivity index (χ0v) is 8.94. The van der Waals surface area contributed by atoms with Crippen LogP contribution in [0.25, 0.3) is 10.4 Å². The van der Waals surface area contributed by atoms with Crippen molar-refractivity contribution in [1.82, 2.24) is 0 Å². The predicted octanol–water partition coefficient (Wildman–Crippen LogP) is 3.35. The molecule has 0 bridgehead atoms. The van der Waals surface area contributed by atoms with Crippen LogP contribution in [0.15, 0.2) is 34.3 Å². The minimum absolute atomic E-state index is 0.541. The van der Waals surface area contributed by atoms with E-state index in [2.05, 4.69) is 16.1 Å². The summed E-state index contributed by atoms with van der Waals surface area (Å²) >= 11 is 1.70. The Morgan fingerprint density at radius 3 is 2.73 bits per heavy atom. The first kappa shape index (κ1) is 11.4. The zero-order chi connectivity index (χ0) is 10.9. The molecule has 0 aliphatic heterocycles. The molecule has 0 saturated heterocycles. The molecule has 0 saturated carbocycles. The van der Waals surface area contributed by atoms with Gasteiger partial charge < -0.3 is 0 Å². The lowest BCUT2D eigenvalue weighted by atomic mass is 10.2. The summed E-state index contributed by atoms with van der Waals surface area (Å²) in [4.78, 5) is 3.82. The van der Waals surface area contributed by atoms with Gasteiger partial charge in [-0.25, -0.2) is 0 Å². The zero-order valence-electron chi connectivity index (χ0n) is 8.13. The van der Waals surface area contributed by atoms with E-state index in [4.69, 9.17) is 10.8 Å². The van der Waals surface area contributed by atoms with Gasteiger partial charge in [-0.3, -0.25) is 0 Å². The molecular formula is C10H10N4S. The Bertz CT molecular complexity index is 387. The van der Waals surface area contributed by atoms with Gasteiger partial charge in [0.25, 0.3) is 0 Å². The van der Waals surface area contributed by atoms with E-state index in [0.29, 0.717) is 12.1 Å². The van der Waals surface area contributed by atoms with Crippen molar-refractivity contribution in [3.63, 3.8) is 0 Å². The molecular weight excluding hydrogens is 208 g/mol. The van der Waals surface area contributed by atoms with Crippen molar-refractivity contribution in [1.29, 1.82) is 5.26 Å². The number of azide groups is 1. The number of nitrogens with zero attached hydrogens (tertiary/aromatic N) is 4. The Morgan fingerprint density at radius 1 is 1.40 bits per heavy atom. The average molecular weight is 218 g/mol. The molecule has 0 aromatic heterocycles. The monoisotopic (exact) mass is 218 g/mol. The molecule has 0 atom stereocenters. The number of nitriles is 1. The molecule has 1 rings (SSSR count). The minimum atomic E-state index is 0.541. The number of hydrogen-bond acceptors (Lipinski definition) is 3. The number of hydrogen-bond donors (Lipinski definition) is 0. The molecule has 5 heteroatoms. The van der Waals surface area contributed by atoms with Crippen LogP contribution in [-0.4, -0.2) is 12.3 Å². The maximum Gasteiger partial charge on any atom is 0.0991 e. The standard InChI is InChI=1S/C10H10N4S/c11-8-9-2-4-10(5-3-9)15-7-1-6-13-14-12/h2-5H,1,6-7H2. The molecule has 1 aromatic carbocycles. The lowest BCUT2D eigenvalue weighted by Crippen LogP contribution is -1.83. The normalized spacial score (nSPS) is 9.00. The van der Waals surface area contributed by atoms with E-state index in [1.54, 1.807) is 23.9 Å². The highest BCUT2D eigenvalue weighted by molar-refractivity contribution is 7.99. The largest absolute Gasteiger partial charge is 0.192 e. The third kappa shape index (κ3) is 4.41. The second kappa shape index (κ2) is 6.77. The van der Waals surface area contributed by atoms with Crippen molar-refractivity contribution >= 4 is 11.8 Å². The molecule has 15 heavy (non-hydrogen) atoms. The first-order valence-electron chi connectivity index (χ1n) is 4.50. The predicted molar refractivity (Wildman–Crippen MR) is 60.5 cm³/mol. The van der Waals surface area contributed by atoms with Crippen LogP contribution in [0.1, 0.15) is 12.0 Å². The van der Waals surface area contributed by atoms with E-state index >= 15 is 0 Å². The van der Waals surface area contributed by atoms with E-state index in [9.17, 15) is 0 Å². The van der Waals surface area contributed by atoms with Crippen molar-refractivity contribution < 1.29 is 0 Å². The van der Waals surface area contributed by atoms with Crippen LogP contribution >= 0.6 is 11.8 Å². The van der Waals surface area contributed by atoms with Gasteiger partial charge in [0.15, 0.2) is 0 Å². The van der Waals surface area contributed by atoms with Gasteiger partial charge in [0.05, 0.1) is 11.6 Å². The lowest BCUT2D eigenvalue weighted by Gasteiger charge is -1.99. The molecule has 0 fully saturated rings. The Kier molecular flexibility index (Phi) is 5.16. The van der Waals surface area contributed by atoms with Gasteiger partial charge in [0.2, 0.25) is 0 Å². The Morgan fingerprint density at radius 2 is 2.13 bits per heavy atom. The molecule has 4 nitrogen and oxygen atoms in total. The van der Waals surface area contributed by atoms with Crippen molar-refractivity contribution in [3.05, 3.63) is 40.3 Å². The fraction of sp³-hybridized carbons (Fsp3) is 0.300. The molecule has 1 aromatic rings. The van der Waals surface area contributed by atoms with Crippen LogP contribution in [0.3, 0.4) is 0 Å². The van der Waals surface area contributed by atoms with Crippen molar-refractivity contribution in [2.24, 2.45) is 5.11 Å². The van der Waals surface area contributed by atoms with E-state index in [0.717, 1.165) is 17.1 Å². The highest BCUT2D eigenvalue weighted by atomic mass is 32.2. The van der Waals surface area contributed by atoms with Gasteiger partial charge in [-0.15, -0.1) is 11.8 Å². The molecule has 0 heterocycles. The van der Waals surface area contributed by atoms with Crippen molar-refractivity contribution in [3.8, 4) is 6.07 Å². The van der Waals surface area contributed by atoms with Crippen LogP contribution in [0.2, 0.25) is 0 Å². The van der Waals surface area contributed by atoms with E-state index in [-0.39, 0.29) is 0 Å². The Labute approximate surface area is 92.5 Å². The molecule has 0 aliphatic rings. The Balaban J connectivity index is 2.32. The van der Waals surface area contributed by atoms with Crippen LogP contribution in [0.5, 0.6) is 0 Å². The molecule has 0 amide bonds. The van der Waals surface area contributed by atoms with E-state index in [1.807, 2.05) is 12.1 Å². The first-order valence-corrected chi connectivity index (χ1v) is 5.49. The van der Waals surface area contributed by atoms with Gasteiger partial charge in [-0.05, 0) is 42.0 Å². The summed E-state index contributed by atoms with van der Waals surface area (Å²) in [5.41, 5.74) is 8.74. The average Bonchev–Trinajstić information content (AvgIpc) is 2.30. The van der Waals surface area contributed by atoms with Crippen LogP contribution in [0, 0.1) is 11.3 Å². The summed E-state index contributed by atoms with van der Waals surface area (Å²) in [6.07, 6.45) is 0.870. The number of benzene rings is 1. The van der Waals surface area contributed by atoms with Crippen molar-refractivity contribution in [2.45, 2.75) is 11.3 Å². The van der Waals surface area contributed by atoms with E-state index < -0.39 is 0 Å². The second-order valence-corrected chi connectivity index (χ2v) is 3.96. The quantitative estimate of drug-likeness (QED) is 0.250. The molecule has 0 aliphatic carbocycles. The summed E-state index contributed by atoms with van der Waals surface area (Å²) < 4.78 is 0. The van der Waals surface area contributed by atoms with Gasteiger partial charge in [0, 0.05) is 16.4 Å². The fourth-order valence-corrected chi connectivity index (χ4v) is 1.83. The van der Waals surface area contributed by atoms with Gasteiger partial charge >= 0.3 is 0 Å². The summed E-state index contributed by atoms with van der Waals surface area (Å²) in [6, 6.07) is 9.53. The minimum Gasteiger partial charge on any atom is -0.192 e. The van der Waals surface area contributed by atoms with Crippen LogP contribution < -0.4 is 0 Å². The summed E-state index contributed by atoms with van der Waals surface area (Å²) in [5.74, 6) is 0.922. The van der Waals surface area contributed by atoms with Gasteiger partial charge in [-0.1, -0.05) is 5.11 Å². The molecule has 76 valence electrons. The van der Waals surface area contributed by atoms with E-state index in [1.165, 1.54) is 0 Å². The summed E-state index contributed by atoms with van der Waals surface area (Å²) in [5, 5.41) is 12.1. The molecule has 0 radical (unpaired) electrons.